The van der Waals surface area contributed by atoms with Crippen molar-refractivity contribution in [3.05, 3.63) is 96.1 Å². The van der Waals surface area contributed by atoms with Gasteiger partial charge < -0.3 is 9.80 Å². The second-order valence-corrected chi connectivity index (χ2v) is 8.04. The third kappa shape index (κ3) is 4.24. The first-order chi connectivity index (χ1) is 15.1. The summed E-state index contributed by atoms with van der Waals surface area (Å²) in [4.78, 5) is 30.2. The van der Waals surface area contributed by atoms with Crippen molar-refractivity contribution in [2.45, 2.75) is 45.2 Å². The van der Waals surface area contributed by atoms with E-state index in [1.54, 1.807) is 0 Å². The van der Waals surface area contributed by atoms with Crippen LogP contribution in [0.4, 0.5) is 11.4 Å². The van der Waals surface area contributed by atoms with E-state index >= 15 is 0 Å². The average Bonchev–Trinajstić information content (AvgIpc) is 2.80. The second kappa shape index (κ2) is 9.17. The van der Waals surface area contributed by atoms with Crippen LogP contribution >= 0.6 is 0 Å². The molecule has 1 aliphatic rings. The van der Waals surface area contributed by atoms with Crippen molar-refractivity contribution < 1.29 is 9.59 Å². The van der Waals surface area contributed by atoms with Gasteiger partial charge in [0.05, 0.1) is 12.5 Å². The Balaban J connectivity index is 1.72. The third-order valence-electron chi connectivity index (χ3n) is 5.94. The number of carbonyl (C=O) groups excluding carboxylic acids is 2. The van der Waals surface area contributed by atoms with Crippen molar-refractivity contribution in [3.63, 3.8) is 0 Å². The van der Waals surface area contributed by atoms with Gasteiger partial charge in [-0.3, -0.25) is 9.59 Å². The highest BCUT2D eigenvalue weighted by atomic mass is 16.2. The van der Waals surface area contributed by atoms with Crippen LogP contribution < -0.4 is 9.80 Å². The molecule has 31 heavy (non-hydrogen) atoms. The van der Waals surface area contributed by atoms with Gasteiger partial charge in [0.25, 0.3) is 0 Å². The summed E-state index contributed by atoms with van der Waals surface area (Å²) in [5.74, 6) is 0.167. The molecule has 0 aliphatic carbocycles. The molecule has 2 atom stereocenters. The van der Waals surface area contributed by atoms with Crippen molar-refractivity contribution in [2.75, 3.05) is 9.80 Å². The summed E-state index contributed by atoms with van der Waals surface area (Å²) in [6, 6.07) is 27.5. The summed E-state index contributed by atoms with van der Waals surface area (Å²) in [6.07, 6.45) is 1.48. The van der Waals surface area contributed by atoms with Gasteiger partial charge >= 0.3 is 0 Å². The Kier molecular flexibility index (Phi) is 6.17. The fourth-order valence-corrected chi connectivity index (χ4v) is 4.52. The summed E-state index contributed by atoms with van der Waals surface area (Å²) >= 11 is 0. The van der Waals surface area contributed by atoms with E-state index in [1.807, 2.05) is 102 Å². The quantitative estimate of drug-likeness (QED) is 0.552. The van der Waals surface area contributed by atoms with E-state index in [1.165, 1.54) is 0 Å². The van der Waals surface area contributed by atoms with E-state index in [0.29, 0.717) is 19.3 Å². The van der Waals surface area contributed by atoms with Gasteiger partial charge in [0.1, 0.15) is 0 Å². The molecular formula is C27H28N2O2. The Labute approximate surface area is 184 Å². The summed E-state index contributed by atoms with van der Waals surface area (Å²) < 4.78 is 0. The van der Waals surface area contributed by atoms with Crippen molar-refractivity contribution >= 4 is 23.2 Å². The first-order valence-electron chi connectivity index (χ1n) is 10.9. The number of nitrogens with zero attached hydrogens (tertiary/aromatic N) is 2. The smallest absolute Gasteiger partial charge is 0.231 e. The summed E-state index contributed by atoms with van der Waals surface area (Å²) in [5, 5.41) is 0. The Hall–Kier alpha value is -3.40. The van der Waals surface area contributed by atoms with Gasteiger partial charge in [-0.15, -0.1) is 0 Å². The van der Waals surface area contributed by atoms with Crippen molar-refractivity contribution in [1.29, 1.82) is 0 Å². The lowest BCUT2D eigenvalue weighted by atomic mass is 9.89. The Morgan fingerprint density at radius 1 is 0.903 bits per heavy atom. The minimum absolute atomic E-state index is 0.0213. The summed E-state index contributed by atoms with van der Waals surface area (Å²) in [5.41, 5.74) is 3.82. The van der Waals surface area contributed by atoms with Crippen LogP contribution in [-0.4, -0.2) is 17.9 Å². The third-order valence-corrected chi connectivity index (χ3v) is 5.94. The molecule has 4 nitrogen and oxygen atoms in total. The van der Waals surface area contributed by atoms with Gasteiger partial charge in [-0.25, -0.2) is 0 Å². The first kappa shape index (κ1) is 20.9. The van der Waals surface area contributed by atoms with Gasteiger partial charge in [-0.05, 0) is 42.7 Å². The van der Waals surface area contributed by atoms with Crippen LogP contribution in [0.5, 0.6) is 0 Å². The fourth-order valence-electron chi connectivity index (χ4n) is 4.52. The molecule has 0 spiro atoms. The molecule has 0 fully saturated rings. The molecule has 1 aliphatic heterocycles. The molecule has 4 heteroatoms. The second-order valence-electron chi connectivity index (χ2n) is 8.04. The SMILES string of the molecule is CCC(=O)N(c1ccccc1)C1CC(C)N(C(=O)Cc2ccccc2)c2ccccc21. The highest BCUT2D eigenvalue weighted by Gasteiger charge is 2.38. The molecule has 4 rings (SSSR count). The van der Waals surface area contributed by atoms with Crippen LogP contribution in [0, 0.1) is 0 Å². The zero-order valence-electron chi connectivity index (χ0n) is 18.1. The minimum Gasteiger partial charge on any atom is -0.309 e. The molecule has 2 unspecified atom stereocenters. The number of para-hydroxylation sites is 2. The lowest BCUT2D eigenvalue weighted by Gasteiger charge is -2.43. The van der Waals surface area contributed by atoms with Crippen LogP contribution in [0.15, 0.2) is 84.9 Å². The number of carbonyl (C=O) groups is 2. The van der Waals surface area contributed by atoms with E-state index in [0.717, 1.165) is 22.5 Å². The Bertz CT molecular complexity index is 1050. The average molecular weight is 413 g/mol. The molecular weight excluding hydrogens is 384 g/mol. The molecule has 0 saturated heterocycles. The maximum Gasteiger partial charge on any atom is 0.231 e. The molecule has 3 aromatic rings. The number of hydrogen-bond acceptors (Lipinski definition) is 2. The molecule has 0 N–H and O–H groups in total. The number of rotatable bonds is 5. The predicted octanol–water partition coefficient (Wildman–Crippen LogP) is 5.54. The number of benzene rings is 3. The molecule has 0 radical (unpaired) electrons. The van der Waals surface area contributed by atoms with Gasteiger partial charge in [-0.1, -0.05) is 73.7 Å². The van der Waals surface area contributed by atoms with Gasteiger partial charge in [0, 0.05) is 23.8 Å². The standard InChI is InChI=1S/C27H28N2O2/c1-3-26(30)29(22-14-8-5-9-15-22)25-18-20(2)28(24-17-11-10-16-23(24)25)27(31)19-21-12-6-4-7-13-21/h4-17,20,25H,3,18-19H2,1-2H3. The van der Waals surface area contributed by atoms with Crippen LogP contribution in [-0.2, 0) is 16.0 Å². The summed E-state index contributed by atoms with van der Waals surface area (Å²) in [6.45, 7) is 3.97. The topological polar surface area (TPSA) is 40.6 Å². The lowest BCUT2D eigenvalue weighted by Crippen LogP contribution is -2.48. The Morgan fingerprint density at radius 2 is 1.52 bits per heavy atom. The Morgan fingerprint density at radius 3 is 2.19 bits per heavy atom. The molecule has 158 valence electrons. The van der Waals surface area contributed by atoms with Gasteiger partial charge in [0.15, 0.2) is 0 Å². The monoisotopic (exact) mass is 412 g/mol. The molecule has 2 amide bonds. The molecule has 0 saturated carbocycles. The number of hydrogen-bond donors (Lipinski definition) is 0. The zero-order chi connectivity index (χ0) is 21.8. The normalized spacial score (nSPS) is 17.7. The van der Waals surface area contributed by atoms with Crippen molar-refractivity contribution in [2.24, 2.45) is 0 Å². The zero-order valence-corrected chi connectivity index (χ0v) is 18.1. The minimum atomic E-state index is -0.109. The van der Waals surface area contributed by atoms with Crippen LogP contribution in [0.1, 0.15) is 43.9 Å². The number of anilines is 2. The van der Waals surface area contributed by atoms with Gasteiger partial charge in [-0.2, -0.15) is 0 Å². The van der Waals surface area contributed by atoms with E-state index in [9.17, 15) is 9.59 Å². The van der Waals surface area contributed by atoms with Crippen molar-refractivity contribution in [1.82, 2.24) is 0 Å². The largest absolute Gasteiger partial charge is 0.309 e. The maximum atomic E-state index is 13.3. The number of amides is 2. The van der Waals surface area contributed by atoms with Crippen LogP contribution in [0.25, 0.3) is 0 Å². The van der Waals surface area contributed by atoms with E-state index in [4.69, 9.17) is 0 Å². The predicted molar refractivity (Wildman–Crippen MR) is 125 cm³/mol. The highest BCUT2D eigenvalue weighted by molar-refractivity contribution is 5.98. The van der Waals surface area contributed by atoms with Crippen LogP contribution in [0.2, 0.25) is 0 Å². The van der Waals surface area contributed by atoms with E-state index in [2.05, 4.69) is 6.92 Å². The highest BCUT2D eigenvalue weighted by Crippen LogP contribution is 2.42. The summed E-state index contributed by atoms with van der Waals surface area (Å²) in [7, 11) is 0. The van der Waals surface area contributed by atoms with Crippen molar-refractivity contribution in [3.8, 4) is 0 Å². The molecule has 1 heterocycles. The fraction of sp³-hybridized carbons (Fsp3) is 0.259. The molecule has 0 aromatic heterocycles. The van der Waals surface area contributed by atoms with Crippen LogP contribution in [0.3, 0.4) is 0 Å². The molecule has 3 aromatic carbocycles. The maximum absolute atomic E-state index is 13.3. The first-order valence-corrected chi connectivity index (χ1v) is 10.9. The van der Waals surface area contributed by atoms with E-state index < -0.39 is 0 Å². The van der Waals surface area contributed by atoms with Gasteiger partial charge in [0.2, 0.25) is 11.8 Å². The number of fused-ring (bicyclic) bond motifs is 1. The molecule has 0 bridgehead atoms. The van der Waals surface area contributed by atoms with E-state index in [-0.39, 0.29) is 23.9 Å². The lowest BCUT2D eigenvalue weighted by molar-refractivity contribution is -0.118.